The van der Waals surface area contributed by atoms with Crippen LogP contribution in [0.3, 0.4) is 0 Å². The number of aromatic nitrogens is 2. The van der Waals surface area contributed by atoms with E-state index in [2.05, 4.69) is 0 Å². The first-order chi connectivity index (χ1) is 9.82. The lowest BCUT2D eigenvalue weighted by Gasteiger charge is -2.10. The van der Waals surface area contributed by atoms with E-state index in [-0.39, 0.29) is 6.54 Å². The molecule has 9 heteroatoms. The van der Waals surface area contributed by atoms with E-state index in [0.717, 1.165) is 10.8 Å². The van der Waals surface area contributed by atoms with Crippen molar-refractivity contribution >= 4 is 10.0 Å². The summed E-state index contributed by atoms with van der Waals surface area (Å²) in [6.07, 6.45) is 0.920. The molecule has 0 fully saturated rings. The lowest BCUT2D eigenvalue weighted by atomic mass is 10.2. The van der Waals surface area contributed by atoms with Crippen molar-refractivity contribution in [1.82, 2.24) is 9.55 Å². The quantitative estimate of drug-likeness (QED) is 0.768. The molecule has 112 valence electrons. The van der Waals surface area contributed by atoms with E-state index in [4.69, 9.17) is 9.88 Å². The summed E-state index contributed by atoms with van der Waals surface area (Å²) in [5.41, 5.74) is -1.13. The molecule has 2 rings (SSSR count). The highest BCUT2D eigenvalue weighted by Gasteiger charge is 2.16. The topological polar surface area (TPSA) is 124 Å². The zero-order valence-electron chi connectivity index (χ0n) is 11.1. The number of H-pyrrole nitrogens is 1. The standard InChI is InChI=1S/C12H13N3O5S/c1-20-9-5-3-2-4-8(9)6-15-7-10(21(13,18)19)11(16)14-12(15)17/h2-5,7H,6H2,1H3,(H2,13,18,19)(H,14,16,17). The second kappa shape index (κ2) is 5.54. The summed E-state index contributed by atoms with van der Waals surface area (Å²) >= 11 is 0. The number of ether oxygens (including phenoxy) is 1. The Labute approximate surface area is 119 Å². The first-order valence-electron chi connectivity index (χ1n) is 5.81. The average molecular weight is 311 g/mol. The molecule has 2 aromatic rings. The smallest absolute Gasteiger partial charge is 0.328 e. The van der Waals surface area contributed by atoms with Crippen molar-refractivity contribution in [3.8, 4) is 5.75 Å². The third-order valence-electron chi connectivity index (χ3n) is 2.82. The fraction of sp³-hybridized carbons (Fsp3) is 0.167. The van der Waals surface area contributed by atoms with Gasteiger partial charge in [-0.3, -0.25) is 14.3 Å². The molecule has 0 unspecified atom stereocenters. The number of sulfonamides is 1. The molecule has 0 radical (unpaired) electrons. The van der Waals surface area contributed by atoms with Crippen molar-refractivity contribution in [2.24, 2.45) is 5.14 Å². The molecule has 21 heavy (non-hydrogen) atoms. The van der Waals surface area contributed by atoms with Gasteiger partial charge in [-0.15, -0.1) is 0 Å². The van der Waals surface area contributed by atoms with Crippen molar-refractivity contribution in [3.63, 3.8) is 0 Å². The number of benzene rings is 1. The molecule has 0 saturated heterocycles. The van der Waals surface area contributed by atoms with Crippen LogP contribution in [0.4, 0.5) is 0 Å². The zero-order chi connectivity index (χ0) is 15.6. The summed E-state index contributed by atoms with van der Waals surface area (Å²) in [6.45, 7) is 0.0299. The fourth-order valence-corrected chi connectivity index (χ4v) is 2.41. The van der Waals surface area contributed by atoms with Crippen LogP contribution in [-0.2, 0) is 16.6 Å². The Morgan fingerprint density at radius 2 is 1.95 bits per heavy atom. The van der Waals surface area contributed by atoms with E-state index >= 15 is 0 Å². The van der Waals surface area contributed by atoms with Gasteiger partial charge in [0.15, 0.2) is 4.90 Å². The molecule has 0 bridgehead atoms. The summed E-state index contributed by atoms with van der Waals surface area (Å²) < 4.78 is 28.8. The molecule has 0 saturated carbocycles. The number of nitrogens with two attached hydrogens (primary N) is 1. The molecule has 8 nitrogen and oxygen atoms in total. The minimum Gasteiger partial charge on any atom is -0.496 e. The van der Waals surface area contributed by atoms with Crippen molar-refractivity contribution in [1.29, 1.82) is 0 Å². The van der Waals surface area contributed by atoms with Gasteiger partial charge in [-0.05, 0) is 6.07 Å². The lowest BCUT2D eigenvalue weighted by Crippen LogP contribution is -2.34. The number of para-hydroxylation sites is 1. The van der Waals surface area contributed by atoms with Crippen molar-refractivity contribution in [2.75, 3.05) is 7.11 Å². The van der Waals surface area contributed by atoms with E-state index < -0.39 is 26.2 Å². The fourth-order valence-electron chi connectivity index (χ4n) is 1.83. The molecule has 1 aromatic heterocycles. The molecule has 0 atom stereocenters. The average Bonchev–Trinajstić information content (AvgIpc) is 2.41. The van der Waals surface area contributed by atoms with E-state index in [0.29, 0.717) is 11.3 Å². The highest BCUT2D eigenvalue weighted by Crippen LogP contribution is 2.17. The Bertz CT molecular complexity index is 882. The first kappa shape index (κ1) is 15.0. The summed E-state index contributed by atoms with van der Waals surface area (Å²) in [6, 6.07) is 6.92. The van der Waals surface area contributed by atoms with Gasteiger partial charge in [0, 0.05) is 11.8 Å². The molecule has 0 amide bonds. The van der Waals surface area contributed by atoms with Crippen LogP contribution in [0.15, 0.2) is 44.9 Å². The number of rotatable bonds is 4. The van der Waals surface area contributed by atoms with Gasteiger partial charge in [0.1, 0.15) is 5.75 Å². The predicted octanol–water partition coefficient (Wildman–Crippen LogP) is -0.759. The summed E-state index contributed by atoms with van der Waals surface area (Å²) in [5.74, 6) is 0.535. The van der Waals surface area contributed by atoms with Gasteiger partial charge in [0.2, 0.25) is 10.0 Å². The second-order valence-electron chi connectivity index (χ2n) is 4.24. The number of methoxy groups -OCH3 is 1. The molecule has 3 N–H and O–H groups in total. The lowest BCUT2D eigenvalue weighted by molar-refractivity contribution is 0.408. The number of hydrogen-bond donors (Lipinski definition) is 2. The van der Waals surface area contributed by atoms with Crippen LogP contribution in [0.1, 0.15) is 5.56 Å². The largest absolute Gasteiger partial charge is 0.496 e. The zero-order valence-corrected chi connectivity index (χ0v) is 11.9. The monoisotopic (exact) mass is 311 g/mol. The SMILES string of the molecule is COc1ccccc1Cn1cc(S(N)(=O)=O)c(=O)[nH]c1=O. The highest BCUT2D eigenvalue weighted by molar-refractivity contribution is 7.89. The predicted molar refractivity (Wildman–Crippen MR) is 74.8 cm³/mol. The van der Waals surface area contributed by atoms with Crippen LogP contribution in [0.2, 0.25) is 0 Å². The van der Waals surface area contributed by atoms with E-state index in [1.165, 1.54) is 7.11 Å². The Balaban J connectivity index is 2.55. The van der Waals surface area contributed by atoms with Crippen LogP contribution in [0.25, 0.3) is 0 Å². The van der Waals surface area contributed by atoms with Crippen LogP contribution in [0, 0.1) is 0 Å². The second-order valence-corrected chi connectivity index (χ2v) is 5.77. The van der Waals surface area contributed by atoms with Crippen LogP contribution in [-0.4, -0.2) is 25.1 Å². The number of nitrogens with zero attached hydrogens (tertiary/aromatic N) is 1. The maximum atomic E-state index is 11.8. The third-order valence-corrected chi connectivity index (χ3v) is 3.72. The normalized spacial score (nSPS) is 11.3. The maximum absolute atomic E-state index is 11.8. The highest BCUT2D eigenvalue weighted by atomic mass is 32.2. The molecular formula is C12H13N3O5S. The van der Waals surface area contributed by atoms with Gasteiger partial charge < -0.3 is 4.74 Å². The van der Waals surface area contributed by atoms with Gasteiger partial charge in [-0.1, -0.05) is 18.2 Å². The number of hydrogen-bond acceptors (Lipinski definition) is 5. The van der Waals surface area contributed by atoms with Crippen LogP contribution >= 0.6 is 0 Å². The molecule has 0 aliphatic heterocycles. The van der Waals surface area contributed by atoms with Gasteiger partial charge >= 0.3 is 5.69 Å². The van der Waals surface area contributed by atoms with Crippen molar-refractivity contribution in [2.45, 2.75) is 11.4 Å². The van der Waals surface area contributed by atoms with Gasteiger partial charge in [0.05, 0.1) is 13.7 Å². The van der Waals surface area contributed by atoms with Crippen molar-refractivity contribution in [3.05, 3.63) is 56.9 Å². The molecule has 1 aromatic carbocycles. The summed E-state index contributed by atoms with van der Waals surface area (Å²) in [5, 5.41) is 4.94. The van der Waals surface area contributed by atoms with Crippen LogP contribution < -0.4 is 21.1 Å². The number of aromatic amines is 1. The summed E-state index contributed by atoms with van der Waals surface area (Å²) in [7, 11) is -2.74. The van der Waals surface area contributed by atoms with Gasteiger partial charge in [-0.2, -0.15) is 0 Å². The Morgan fingerprint density at radius 3 is 2.57 bits per heavy atom. The van der Waals surface area contributed by atoms with E-state index in [1.807, 2.05) is 4.98 Å². The molecule has 0 aliphatic carbocycles. The molecular weight excluding hydrogens is 298 g/mol. The van der Waals surface area contributed by atoms with Gasteiger partial charge in [0.25, 0.3) is 5.56 Å². The number of nitrogens with one attached hydrogen (secondary N) is 1. The minimum absolute atomic E-state index is 0.0299. The molecule has 1 heterocycles. The minimum atomic E-state index is -4.22. The third kappa shape index (κ3) is 3.20. The first-order valence-corrected chi connectivity index (χ1v) is 7.36. The Kier molecular flexibility index (Phi) is 3.96. The van der Waals surface area contributed by atoms with Gasteiger partial charge in [-0.25, -0.2) is 18.4 Å². The molecule has 0 aliphatic rings. The maximum Gasteiger partial charge on any atom is 0.328 e. The molecule has 0 spiro atoms. The summed E-state index contributed by atoms with van der Waals surface area (Å²) in [4.78, 5) is 24.5. The number of primary sulfonamides is 1. The van der Waals surface area contributed by atoms with E-state index in [9.17, 15) is 18.0 Å². The Morgan fingerprint density at radius 1 is 1.29 bits per heavy atom. The van der Waals surface area contributed by atoms with Crippen LogP contribution in [0.5, 0.6) is 5.75 Å². The Hall–Kier alpha value is -2.39. The van der Waals surface area contributed by atoms with Crippen molar-refractivity contribution < 1.29 is 13.2 Å². The van der Waals surface area contributed by atoms with E-state index in [1.54, 1.807) is 24.3 Å².